The molecule has 0 radical (unpaired) electrons. The highest BCUT2D eigenvalue weighted by Gasteiger charge is 2.36. The summed E-state index contributed by atoms with van der Waals surface area (Å²) in [5.74, 6) is -0.0914. The SMILES string of the molecule is CCCC1NC(=O)N(CCBr)C1=O. The molecule has 1 rings (SSSR count). The zero-order chi connectivity index (χ0) is 9.84. The molecule has 0 aliphatic carbocycles. The van der Waals surface area contributed by atoms with Crippen LogP contribution in [0.25, 0.3) is 0 Å². The average molecular weight is 249 g/mol. The van der Waals surface area contributed by atoms with Crippen molar-refractivity contribution in [2.24, 2.45) is 0 Å². The fraction of sp³-hybridized carbons (Fsp3) is 0.750. The maximum atomic E-state index is 11.5. The highest BCUT2D eigenvalue weighted by atomic mass is 79.9. The van der Waals surface area contributed by atoms with Gasteiger partial charge in [0.1, 0.15) is 6.04 Å². The summed E-state index contributed by atoms with van der Waals surface area (Å²) in [5.41, 5.74) is 0. The molecule has 0 saturated carbocycles. The molecule has 4 nitrogen and oxygen atoms in total. The van der Waals surface area contributed by atoms with Crippen molar-refractivity contribution in [3.8, 4) is 0 Å². The number of carbonyl (C=O) groups is 2. The maximum Gasteiger partial charge on any atom is 0.324 e. The Bertz CT molecular complexity index is 220. The van der Waals surface area contributed by atoms with Crippen LogP contribution in [0.4, 0.5) is 4.79 Å². The minimum Gasteiger partial charge on any atom is -0.326 e. The third-order valence-electron chi connectivity index (χ3n) is 1.99. The molecule has 1 heterocycles. The van der Waals surface area contributed by atoms with Crippen LogP contribution < -0.4 is 5.32 Å². The lowest BCUT2D eigenvalue weighted by atomic mass is 10.2. The molecule has 0 aromatic carbocycles. The molecule has 74 valence electrons. The summed E-state index contributed by atoms with van der Waals surface area (Å²) in [5, 5.41) is 3.29. The van der Waals surface area contributed by atoms with Crippen LogP contribution in [0.3, 0.4) is 0 Å². The van der Waals surface area contributed by atoms with Gasteiger partial charge in [0.05, 0.1) is 0 Å². The van der Waals surface area contributed by atoms with Crippen LogP contribution >= 0.6 is 15.9 Å². The van der Waals surface area contributed by atoms with E-state index < -0.39 is 0 Å². The van der Waals surface area contributed by atoms with Crippen molar-refractivity contribution in [1.82, 2.24) is 10.2 Å². The zero-order valence-electron chi connectivity index (χ0n) is 7.55. The monoisotopic (exact) mass is 248 g/mol. The van der Waals surface area contributed by atoms with Crippen LogP contribution in [-0.4, -0.2) is 34.8 Å². The fourth-order valence-electron chi connectivity index (χ4n) is 1.36. The van der Waals surface area contributed by atoms with E-state index in [0.29, 0.717) is 11.9 Å². The van der Waals surface area contributed by atoms with E-state index in [1.54, 1.807) is 0 Å². The molecule has 1 aliphatic rings. The number of rotatable bonds is 4. The Morgan fingerprint density at radius 2 is 2.23 bits per heavy atom. The molecule has 5 heteroatoms. The van der Waals surface area contributed by atoms with E-state index in [-0.39, 0.29) is 18.0 Å². The smallest absolute Gasteiger partial charge is 0.324 e. The van der Waals surface area contributed by atoms with E-state index in [1.165, 1.54) is 4.90 Å². The van der Waals surface area contributed by atoms with Crippen LogP contribution in [0, 0.1) is 0 Å². The van der Waals surface area contributed by atoms with Crippen LogP contribution in [0.1, 0.15) is 19.8 Å². The quantitative estimate of drug-likeness (QED) is 0.599. The lowest BCUT2D eigenvalue weighted by molar-refractivity contribution is -0.127. The molecular formula is C8H13BrN2O2. The number of carbonyl (C=O) groups excluding carboxylic acids is 2. The summed E-state index contributed by atoms with van der Waals surface area (Å²) >= 11 is 3.20. The highest BCUT2D eigenvalue weighted by molar-refractivity contribution is 9.09. The van der Waals surface area contributed by atoms with Gasteiger partial charge in [-0.3, -0.25) is 9.69 Å². The summed E-state index contributed by atoms with van der Waals surface area (Å²) in [7, 11) is 0. The Labute approximate surface area is 85.8 Å². The van der Waals surface area contributed by atoms with E-state index in [4.69, 9.17) is 0 Å². The number of alkyl halides is 1. The second kappa shape index (κ2) is 4.60. The first kappa shape index (κ1) is 10.5. The van der Waals surface area contributed by atoms with Crippen LogP contribution in [0.2, 0.25) is 0 Å². The molecule has 0 aromatic rings. The predicted molar refractivity (Wildman–Crippen MR) is 52.7 cm³/mol. The largest absolute Gasteiger partial charge is 0.326 e. The third-order valence-corrected chi connectivity index (χ3v) is 2.35. The Kier molecular flexibility index (Phi) is 3.71. The molecule has 0 spiro atoms. The van der Waals surface area contributed by atoms with Gasteiger partial charge in [0.2, 0.25) is 0 Å². The first-order chi connectivity index (χ1) is 6.20. The number of amides is 3. The number of hydrogen-bond acceptors (Lipinski definition) is 2. The van der Waals surface area contributed by atoms with Crippen molar-refractivity contribution < 1.29 is 9.59 Å². The van der Waals surface area contributed by atoms with Crippen molar-refractivity contribution in [1.29, 1.82) is 0 Å². The zero-order valence-corrected chi connectivity index (χ0v) is 9.13. The molecule has 0 bridgehead atoms. The molecule has 1 fully saturated rings. The third kappa shape index (κ3) is 2.21. The van der Waals surface area contributed by atoms with Crippen molar-refractivity contribution in [3.63, 3.8) is 0 Å². The van der Waals surface area contributed by atoms with Gasteiger partial charge in [-0.15, -0.1) is 0 Å². The molecular weight excluding hydrogens is 236 g/mol. The Morgan fingerprint density at radius 3 is 2.77 bits per heavy atom. The van der Waals surface area contributed by atoms with Gasteiger partial charge in [-0.25, -0.2) is 4.79 Å². The lowest BCUT2D eigenvalue weighted by Crippen LogP contribution is -2.33. The molecule has 1 unspecified atom stereocenters. The minimum atomic E-state index is -0.295. The van der Waals surface area contributed by atoms with Gasteiger partial charge in [0.15, 0.2) is 0 Å². The number of imide groups is 1. The molecule has 1 atom stereocenters. The van der Waals surface area contributed by atoms with Crippen molar-refractivity contribution >= 4 is 27.9 Å². The van der Waals surface area contributed by atoms with Gasteiger partial charge in [0.25, 0.3) is 5.91 Å². The summed E-state index contributed by atoms with van der Waals surface area (Å²) in [4.78, 5) is 24.0. The van der Waals surface area contributed by atoms with E-state index in [1.807, 2.05) is 6.92 Å². The Morgan fingerprint density at radius 1 is 1.54 bits per heavy atom. The first-order valence-corrected chi connectivity index (χ1v) is 5.50. The lowest BCUT2D eigenvalue weighted by Gasteiger charge is -2.09. The van der Waals surface area contributed by atoms with Crippen LogP contribution in [0.5, 0.6) is 0 Å². The number of nitrogens with one attached hydrogen (secondary N) is 1. The molecule has 1 aliphatic heterocycles. The molecule has 1 N–H and O–H groups in total. The van der Waals surface area contributed by atoms with E-state index in [9.17, 15) is 9.59 Å². The fourth-order valence-corrected chi connectivity index (χ4v) is 1.71. The normalized spacial score (nSPS) is 22.3. The topological polar surface area (TPSA) is 49.4 Å². The van der Waals surface area contributed by atoms with Gasteiger partial charge in [-0.2, -0.15) is 0 Å². The standard InChI is InChI=1S/C8H13BrN2O2/c1-2-3-6-7(12)11(5-4-9)8(13)10-6/h6H,2-5H2,1H3,(H,10,13). The first-order valence-electron chi connectivity index (χ1n) is 4.38. The van der Waals surface area contributed by atoms with Crippen molar-refractivity contribution in [3.05, 3.63) is 0 Å². The van der Waals surface area contributed by atoms with E-state index in [0.717, 1.165) is 12.8 Å². The van der Waals surface area contributed by atoms with Gasteiger partial charge < -0.3 is 5.32 Å². The van der Waals surface area contributed by atoms with Gasteiger partial charge in [-0.1, -0.05) is 29.3 Å². The van der Waals surface area contributed by atoms with E-state index >= 15 is 0 Å². The average Bonchev–Trinajstić information content (AvgIpc) is 2.34. The predicted octanol–water partition coefficient (Wildman–Crippen LogP) is 1.10. The number of halogens is 1. The summed E-state index contributed by atoms with van der Waals surface area (Å²) in [6, 6.07) is -0.556. The number of urea groups is 1. The van der Waals surface area contributed by atoms with Crippen molar-refractivity contribution in [2.45, 2.75) is 25.8 Å². The summed E-state index contributed by atoms with van der Waals surface area (Å²) in [6.07, 6.45) is 1.63. The summed E-state index contributed by atoms with van der Waals surface area (Å²) < 4.78 is 0. The second-order valence-corrected chi connectivity index (χ2v) is 3.76. The number of hydrogen-bond donors (Lipinski definition) is 1. The molecule has 0 aromatic heterocycles. The molecule has 1 saturated heterocycles. The summed E-state index contributed by atoms with van der Waals surface area (Å²) in [6.45, 7) is 2.44. The van der Waals surface area contributed by atoms with Gasteiger partial charge >= 0.3 is 6.03 Å². The molecule has 13 heavy (non-hydrogen) atoms. The van der Waals surface area contributed by atoms with Crippen molar-refractivity contribution in [2.75, 3.05) is 11.9 Å². The van der Waals surface area contributed by atoms with Gasteiger partial charge in [0, 0.05) is 11.9 Å². The van der Waals surface area contributed by atoms with Crippen LogP contribution in [-0.2, 0) is 4.79 Å². The number of nitrogens with zero attached hydrogens (tertiary/aromatic N) is 1. The second-order valence-electron chi connectivity index (χ2n) is 2.97. The Hall–Kier alpha value is -0.580. The maximum absolute atomic E-state index is 11.5. The highest BCUT2D eigenvalue weighted by Crippen LogP contribution is 2.10. The van der Waals surface area contributed by atoms with Gasteiger partial charge in [-0.05, 0) is 6.42 Å². The van der Waals surface area contributed by atoms with E-state index in [2.05, 4.69) is 21.2 Å². The minimum absolute atomic E-state index is 0.0914. The Balaban J connectivity index is 2.58. The molecule has 3 amide bonds. The van der Waals surface area contributed by atoms with Crippen LogP contribution in [0.15, 0.2) is 0 Å².